The van der Waals surface area contributed by atoms with Gasteiger partial charge in [0.15, 0.2) is 0 Å². The van der Waals surface area contributed by atoms with E-state index in [-0.39, 0.29) is 18.0 Å². The number of piperidine rings is 1. The number of likely N-dealkylation sites (N-methyl/N-ethyl adjacent to an activating group) is 1. The van der Waals surface area contributed by atoms with Crippen molar-refractivity contribution in [2.75, 3.05) is 20.1 Å². The molecule has 0 aromatic heterocycles. The smallest absolute Gasteiger partial charge is 0.222 e. The number of nitrogens with two attached hydrogens (primary N) is 1. The number of hydrogen-bond acceptors (Lipinski definition) is 3. The molecule has 0 spiro atoms. The Morgan fingerprint density at radius 3 is 2.14 bits per heavy atom. The average molecular weight is 300 g/mol. The van der Waals surface area contributed by atoms with Crippen molar-refractivity contribution in [2.45, 2.75) is 72.4 Å². The molecular weight excluding hydrogens is 262 g/mol. The van der Waals surface area contributed by atoms with E-state index in [1.54, 1.807) is 0 Å². The number of nitrogens with zero attached hydrogens (tertiary/aromatic N) is 1. The topological polar surface area (TPSA) is 58.4 Å². The summed E-state index contributed by atoms with van der Waals surface area (Å²) in [6.45, 7) is 15.5. The van der Waals surface area contributed by atoms with E-state index in [1.165, 1.54) is 0 Å². The molecule has 126 valence electrons. The molecule has 0 bridgehead atoms. The van der Waals surface area contributed by atoms with Gasteiger partial charge in [-0.05, 0) is 33.2 Å². The molecule has 3 N–H and O–H groups in total. The molecule has 0 radical (unpaired) electrons. The molecule has 0 aliphatic carbocycles. The first-order chi connectivity index (χ1) is 10.0. The summed E-state index contributed by atoms with van der Waals surface area (Å²) in [7, 11) is 1.91. The van der Waals surface area contributed by atoms with Gasteiger partial charge in [-0.1, -0.05) is 39.8 Å². The van der Waals surface area contributed by atoms with Crippen LogP contribution in [0.15, 0.2) is 12.2 Å². The summed E-state index contributed by atoms with van der Waals surface area (Å²) < 4.78 is 0. The Hall–Kier alpha value is -0.870. The Morgan fingerprint density at radius 1 is 1.29 bits per heavy atom. The zero-order valence-corrected chi connectivity index (χ0v) is 15.0. The lowest BCUT2D eigenvalue weighted by molar-refractivity contribution is -0.132. The number of carbonyl (C=O) groups excluding carboxylic acids is 1. The Bertz CT molecular complexity index is 271. The summed E-state index contributed by atoms with van der Waals surface area (Å²) in [6, 6.07) is 0.519. The predicted molar refractivity (Wildman–Crippen MR) is 93.4 cm³/mol. The molecule has 4 heteroatoms. The van der Waals surface area contributed by atoms with Crippen molar-refractivity contribution in [3.05, 3.63) is 12.2 Å². The van der Waals surface area contributed by atoms with Crippen molar-refractivity contribution in [2.24, 2.45) is 5.73 Å². The van der Waals surface area contributed by atoms with E-state index in [1.807, 2.05) is 46.6 Å². The highest BCUT2D eigenvalue weighted by Gasteiger charge is 2.21. The second-order valence-electron chi connectivity index (χ2n) is 4.94. The molecule has 1 fully saturated rings. The maximum atomic E-state index is 12.0. The summed E-state index contributed by atoms with van der Waals surface area (Å²) in [5.41, 5.74) is 6.91. The largest absolute Gasteiger partial charge is 0.343 e. The number of rotatable bonds is 5. The van der Waals surface area contributed by atoms with Gasteiger partial charge < -0.3 is 16.0 Å². The zero-order valence-electron chi connectivity index (χ0n) is 15.0. The predicted octanol–water partition coefficient (Wildman–Crippen LogP) is 2.93. The highest BCUT2D eigenvalue weighted by atomic mass is 16.2. The molecule has 0 aromatic carbocycles. The molecular formula is C17H37N3O. The first-order valence-electron chi connectivity index (χ1n) is 8.40. The SMILES string of the molecule is C=C(C)C(CCC(=O)N1CCC(N)CC1)NC.CC.CC. The molecule has 1 rings (SSSR count). The second-order valence-corrected chi connectivity index (χ2v) is 4.94. The van der Waals surface area contributed by atoms with E-state index in [0.717, 1.165) is 37.9 Å². The van der Waals surface area contributed by atoms with Crippen LogP contribution in [0.1, 0.15) is 60.3 Å². The first-order valence-corrected chi connectivity index (χ1v) is 8.40. The average Bonchev–Trinajstić information content (AvgIpc) is 2.52. The normalized spacial score (nSPS) is 16.0. The van der Waals surface area contributed by atoms with E-state index >= 15 is 0 Å². The molecule has 1 aliphatic rings. The fourth-order valence-electron chi connectivity index (χ4n) is 2.21. The summed E-state index contributed by atoms with van der Waals surface area (Å²) in [5.74, 6) is 0.249. The number of nitrogens with one attached hydrogen (secondary N) is 1. The molecule has 1 unspecified atom stereocenters. The minimum absolute atomic E-state index is 0.242. The summed E-state index contributed by atoms with van der Waals surface area (Å²) in [4.78, 5) is 13.9. The fourth-order valence-corrected chi connectivity index (χ4v) is 2.21. The van der Waals surface area contributed by atoms with Crippen molar-refractivity contribution >= 4 is 5.91 Å². The number of amides is 1. The maximum Gasteiger partial charge on any atom is 0.222 e. The van der Waals surface area contributed by atoms with Crippen LogP contribution in [0.3, 0.4) is 0 Å². The van der Waals surface area contributed by atoms with Crippen molar-refractivity contribution in [3.8, 4) is 0 Å². The quantitative estimate of drug-likeness (QED) is 0.767. The third kappa shape index (κ3) is 9.64. The van der Waals surface area contributed by atoms with Crippen molar-refractivity contribution in [1.82, 2.24) is 10.2 Å². The van der Waals surface area contributed by atoms with E-state index in [4.69, 9.17) is 5.73 Å². The molecule has 21 heavy (non-hydrogen) atoms. The van der Waals surface area contributed by atoms with Gasteiger partial charge in [0.25, 0.3) is 0 Å². The van der Waals surface area contributed by atoms with E-state index in [2.05, 4.69) is 11.9 Å². The molecule has 0 aromatic rings. The van der Waals surface area contributed by atoms with Crippen molar-refractivity contribution < 1.29 is 4.79 Å². The second kappa shape index (κ2) is 14.1. The van der Waals surface area contributed by atoms with Crippen LogP contribution in [0.5, 0.6) is 0 Å². The lowest BCUT2D eigenvalue weighted by Gasteiger charge is -2.30. The third-order valence-corrected chi connectivity index (χ3v) is 3.48. The van der Waals surface area contributed by atoms with Gasteiger partial charge in [-0.2, -0.15) is 0 Å². The van der Waals surface area contributed by atoms with Gasteiger partial charge in [0.1, 0.15) is 0 Å². The molecule has 1 amide bonds. The van der Waals surface area contributed by atoms with Gasteiger partial charge in [0, 0.05) is 31.6 Å². The lowest BCUT2D eigenvalue weighted by Crippen LogP contribution is -2.43. The van der Waals surface area contributed by atoms with Gasteiger partial charge in [-0.25, -0.2) is 0 Å². The summed E-state index contributed by atoms with van der Waals surface area (Å²) >= 11 is 0. The van der Waals surface area contributed by atoms with Crippen molar-refractivity contribution in [3.63, 3.8) is 0 Å². The molecule has 1 heterocycles. The van der Waals surface area contributed by atoms with Crippen LogP contribution in [-0.4, -0.2) is 43.0 Å². The van der Waals surface area contributed by atoms with Gasteiger partial charge in [-0.15, -0.1) is 0 Å². The molecule has 1 aliphatic heterocycles. The van der Waals surface area contributed by atoms with Gasteiger partial charge >= 0.3 is 0 Å². The van der Waals surface area contributed by atoms with Crippen LogP contribution in [0.25, 0.3) is 0 Å². The van der Waals surface area contributed by atoms with Crippen LogP contribution >= 0.6 is 0 Å². The molecule has 4 nitrogen and oxygen atoms in total. The van der Waals surface area contributed by atoms with E-state index in [0.29, 0.717) is 6.42 Å². The van der Waals surface area contributed by atoms with Crippen molar-refractivity contribution in [1.29, 1.82) is 0 Å². The Morgan fingerprint density at radius 2 is 1.76 bits per heavy atom. The zero-order chi connectivity index (χ0) is 16.8. The van der Waals surface area contributed by atoms with Crippen LogP contribution in [0, 0.1) is 0 Å². The number of hydrogen-bond donors (Lipinski definition) is 2. The van der Waals surface area contributed by atoms with Gasteiger partial charge in [-0.3, -0.25) is 4.79 Å². The summed E-state index contributed by atoms with van der Waals surface area (Å²) in [6.07, 6.45) is 3.28. The maximum absolute atomic E-state index is 12.0. The van der Waals surface area contributed by atoms with E-state index < -0.39 is 0 Å². The van der Waals surface area contributed by atoms with Gasteiger partial charge in [0.2, 0.25) is 5.91 Å². The monoisotopic (exact) mass is 299 g/mol. The highest BCUT2D eigenvalue weighted by Crippen LogP contribution is 2.12. The Kier molecular flexibility index (Phi) is 15.0. The first kappa shape index (κ1) is 22.4. The summed E-state index contributed by atoms with van der Waals surface area (Å²) in [5, 5.41) is 3.18. The van der Waals surface area contributed by atoms with Crippen LogP contribution in [-0.2, 0) is 4.79 Å². The molecule has 1 atom stereocenters. The van der Waals surface area contributed by atoms with Gasteiger partial charge in [0.05, 0.1) is 0 Å². The lowest BCUT2D eigenvalue weighted by atomic mass is 10.0. The minimum atomic E-state index is 0.242. The standard InChI is InChI=1S/C13H25N3O.2C2H6/c1-10(2)12(15-3)4-5-13(17)16-8-6-11(14)7-9-16;2*1-2/h11-12,15H,1,4-9,14H2,2-3H3;2*1-2H3. The Balaban J connectivity index is 0. The number of likely N-dealkylation sites (tertiary alicyclic amines) is 1. The molecule has 1 saturated heterocycles. The van der Waals surface area contributed by atoms with Crippen LogP contribution < -0.4 is 11.1 Å². The fraction of sp³-hybridized carbons (Fsp3) is 0.824. The van der Waals surface area contributed by atoms with Crippen LogP contribution in [0.4, 0.5) is 0 Å². The highest BCUT2D eigenvalue weighted by molar-refractivity contribution is 5.76. The molecule has 0 saturated carbocycles. The minimum Gasteiger partial charge on any atom is -0.343 e. The Labute approximate surface area is 132 Å². The number of carbonyl (C=O) groups is 1. The third-order valence-electron chi connectivity index (χ3n) is 3.48. The van der Waals surface area contributed by atoms with Crippen LogP contribution in [0.2, 0.25) is 0 Å². The van der Waals surface area contributed by atoms with E-state index in [9.17, 15) is 4.79 Å².